The molecule has 6 heteroatoms. The Morgan fingerprint density at radius 2 is 2.19 bits per heavy atom. The van der Waals surface area contributed by atoms with E-state index in [0.717, 1.165) is 24.9 Å². The first-order chi connectivity index (χ1) is 10.2. The highest BCUT2D eigenvalue weighted by atomic mass is 16.5. The first-order valence-electron chi connectivity index (χ1n) is 7.28. The second-order valence-electron chi connectivity index (χ2n) is 4.86. The van der Waals surface area contributed by atoms with Gasteiger partial charge in [-0.3, -0.25) is 0 Å². The molecule has 0 aliphatic rings. The van der Waals surface area contributed by atoms with Crippen LogP contribution in [0.4, 0.5) is 0 Å². The molecule has 2 aromatic rings. The Balaban J connectivity index is 1.95. The van der Waals surface area contributed by atoms with Gasteiger partial charge in [-0.2, -0.15) is 4.98 Å². The molecule has 6 nitrogen and oxygen atoms in total. The SMILES string of the molecule is CCNC(CC)Cc1nc(Cc2ccc(OC)nc2)no1. The molecule has 1 atom stereocenters. The van der Waals surface area contributed by atoms with Crippen LogP contribution in [0.5, 0.6) is 5.88 Å². The van der Waals surface area contributed by atoms with Crippen LogP contribution in [0.15, 0.2) is 22.9 Å². The van der Waals surface area contributed by atoms with E-state index >= 15 is 0 Å². The third kappa shape index (κ3) is 4.53. The Morgan fingerprint density at radius 3 is 2.81 bits per heavy atom. The number of methoxy groups -OCH3 is 1. The van der Waals surface area contributed by atoms with E-state index in [1.54, 1.807) is 13.3 Å². The molecule has 0 saturated carbocycles. The quantitative estimate of drug-likeness (QED) is 0.801. The zero-order valence-electron chi connectivity index (χ0n) is 12.8. The summed E-state index contributed by atoms with van der Waals surface area (Å²) in [5, 5.41) is 7.43. The van der Waals surface area contributed by atoms with Crippen molar-refractivity contribution < 1.29 is 9.26 Å². The second-order valence-corrected chi connectivity index (χ2v) is 4.86. The summed E-state index contributed by atoms with van der Waals surface area (Å²) in [5.41, 5.74) is 1.03. The highest BCUT2D eigenvalue weighted by Gasteiger charge is 2.12. The van der Waals surface area contributed by atoms with Crippen molar-refractivity contribution in [2.45, 2.75) is 39.2 Å². The van der Waals surface area contributed by atoms with Gasteiger partial charge in [-0.1, -0.05) is 25.1 Å². The molecule has 1 unspecified atom stereocenters. The van der Waals surface area contributed by atoms with Crippen LogP contribution in [0.1, 0.15) is 37.5 Å². The Hall–Kier alpha value is -1.95. The Bertz CT molecular complexity index is 539. The van der Waals surface area contributed by atoms with Gasteiger partial charge in [0.15, 0.2) is 5.82 Å². The van der Waals surface area contributed by atoms with E-state index in [-0.39, 0.29) is 0 Å². The fourth-order valence-electron chi connectivity index (χ4n) is 2.12. The van der Waals surface area contributed by atoms with Crippen LogP contribution in [0.25, 0.3) is 0 Å². The smallest absolute Gasteiger partial charge is 0.228 e. The van der Waals surface area contributed by atoms with E-state index < -0.39 is 0 Å². The Kier molecular flexibility index (Phi) is 5.68. The van der Waals surface area contributed by atoms with Crippen molar-refractivity contribution in [1.29, 1.82) is 0 Å². The maximum absolute atomic E-state index is 5.31. The largest absolute Gasteiger partial charge is 0.481 e. The van der Waals surface area contributed by atoms with Gasteiger partial charge >= 0.3 is 0 Å². The van der Waals surface area contributed by atoms with Crippen LogP contribution in [0.2, 0.25) is 0 Å². The molecule has 0 bridgehead atoms. The molecule has 0 radical (unpaired) electrons. The maximum atomic E-state index is 5.31. The molecule has 114 valence electrons. The number of hydrogen-bond acceptors (Lipinski definition) is 6. The number of nitrogens with one attached hydrogen (secondary N) is 1. The molecule has 0 fully saturated rings. The van der Waals surface area contributed by atoms with Gasteiger partial charge in [0.1, 0.15) is 0 Å². The summed E-state index contributed by atoms with van der Waals surface area (Å²) in [6, 6.07) is 4.16. The molecule has 0 aliphatic carbocycles. The van der Waals surface area contributed by atoms with Crippen molar-refractivity contribution in [1.82, 2.24) is 20.4 Å². The standard InChI is InChI=1S/C15H22N4O2/c1-4-12(16-5-2)9-15-18-13(19-21-15)8-11-6-7-14(20-3)17-10-11/h6-7,10,12,16H,4-5,8-9H2,1-3H3. The fraction of sp³-hybridized carbons (Fsp3) is 0.533. The van der Waals surface area contributed by atoms with E-state index in [0.29, 0.717) is 30.1 Å². The minimum Gasteiger partial charge on any atom is -0.481 e. The molecule has 0 saturated heterocycles. The van der Waals surface area contributed by atoms with Crippen molar-refractivity contribution in [3.63, 3.8) is 0 Å². The van der Waals surface area contributed by atoms with Crippen LogP contribution in [0.3, 0.4) is 0 Å². The molecular weight excluding hydrogens is 268 g/mol. The minimum absolute atomic E-state index is 0.381. The first-order valence-corrected chi connectivity index (χ1v) is 7.28. The summed E-state index contributed by atoms with van der Waals surface area (Å²) >= 11 is 0. The molecule has 21 heavy (non-hydrogen) atoms. The van der Waals surface area contributed by atoms with Gasteiger partial charge in [0, 0.05) is 31.1 Å². The van der Waals surface area contributed by atoms with Crippen LogP contribution >= 0.6 is 0 Å². The summed E-state index contributed by atoms with van der Waals surface area (Å²) < 4.78 is 10.3. The van der Waals surface area contributed by atoms with Crippen molar-refractivity contribution in [3.8, 4) is 5.88 Å². The minimum atomic E-state index is 0.381. The second kappa shape index (κ2) is 7.73. The number of aromatic nitrogens is 3. The van der Waals surface area contributed by atoms with E-state index in [2.05, 4.69) is 34.3 Å². The number of pyridine rings is 1. The van der Waals surface area contributed by atoms with Crippen molar-refractivity contribution >= 4 is 0 Å². The van der Waals surface area contributed by atoms with Gasteiger partial charge < -0.3 is 14.6 Å². The third-order valence-electron chi connectivity index (χ3n) is 3.29. The number of hydrogen-bond donors (Lipinski definition) is 1. The van der Waals surface area contributed by atoms with Crippen molar-refractivity contribution in [2.75, 3.05) is 13.7 Å². The Labute approximate surface area is 124 Å². The number of likely N-dealkylation sites (N-methyl/N-ethyl adjacent to an activating group) is 1. The summed E-state index contributed by atoms with van der Waals surface area (Å²) in [6.45, 7) is 5.18. The lowest BCUT2D eigenvalue weighted by atomic mass is 10.1. The topological polar surface area (TPSA) is 73.1 Å². The van der Waals surface area contributed by atoms with Crippen LogP contribution in [-0.2, 0) is 12.8 Å². The monoisotopic (exact) mass is 290 g/mol. The van der Waals surface area contributed by atoms with E-state index in [4.69, 9.17) is 9.26 Å². The third-order valence-corrected chi connectivity index (χ3v) is 3.29. The zero-order valence-corrected chi connectivity index (χ0v) is 12.8. The zero-order chi connectivity index (χ0) is 15.1. The highest BCUT2D eigenvalue weighted by molar-refractivity contribution is 5.20. The van der Waals surface area contributed by atoms with Crippen molar-refractivity contribution in [3.05, 3.63) is 35.6 Å². The van der Waals surface area contributed by atoms with Gasteiger partial charge in [0.25, 0.3) is 0 Å². The Morgan fingerprint density at radius 1 is 1.33 bits per heavy atom. The average Bonchev–Trinajstić information content (AvgIpc) is 2.94. The van der Waals surface area contributed by atoms with Gasteiger partial charge in [-0.15, -0.1) is 0 Å². The van der Waals surface area contributed by atoms with Gasteiger partial charge in [0.2, 0.25) is 11.8 Å². The summed E-state index contributed by atoms with van der Waals surface area (Å²) in [6.07, 6.45) is 4.17. The summed E-state index contributed by atoms with van der Waals surface area (Å²) in [4.78, 5) is 8.61. The van der Waals surface area contributed by atoms with Crippen molar-refractivity contribution in [2.24, 2.45) is 0 Å². The maximum Gasteiger partial charge on any atom is 0.228 e. The van der Waals surface area contributed by atoms with Crippen LogP contribution in [-0.4, -0.2) is 34.8 Å². The number of ether oxygens (including phenoxy) is 1. The molecule has 0 amide bonds. The van der Waals surface area contributed by atoms with E-state index in [9.17, 15) is 0 Å². The molecule has 2 rings (SSSR count). The van der Waals surface area contributed by atoms with Crippen LogP contribution < -0.4 is 10.1 Å². The number of rotatable bonds is 8. The highest BCUT2D eigenvalue weighted by Crippen LogP contribution is 2.11. The molecule has 1 N–H and O–H groups in total. The molecule has 2 aromatic heterocycles. The summed E-state index contributed by atoms with van der Waals surface area (Å²) in [7, 11) is 1.60. The molecule has 0 aliphatic heterocycles. The van der Waals surface area contributed by atoms with Crippen LogP contribution in [0, 0.1) is 0 Å². The molecule has 2 heterocycles. The fourth-order valence-corrected chi connectivity index (χ4v) is 2.12. The number of nitrogens with zero attached hydrogens (tertiary/aromatic N) is 3. The predicted molar refractivity (Wildman–Crippen MR) is 79.4 cm³/mol. The first kappa shape index (κ1) is 15.4. The predicted octanol–water partition coefficient (Wildman–Crippen LogP) is 1.99. The molecular formula is C15H22N4O2. The lowest BCUT2D eigenvalue weighted by molar-refractivity contribution is 0.352. The average molecular weight is 290 g/mol. The lowest BCUT2D eigenvalue weighted by Gasteiger charge is -2.12. The molecule has 0 spiro atoms. The van der Waals surface area contributed by atoms with Gasteiger partial charge in [0.05, 0.1) is 7.11 Å². The lowest BCUT2D eigenvalue weighted by Crippen LogP contribution is -2.30. The van der Waals surface area contributed by atoms with E-state index in [1.165, 1.54) is 0 Å². The summed E-state index contributed by atoms with van der Waals surface area (Å²) in [5.74, 6) is 1.96. The normalized spacial score (nSPS) is 12.3. The van der Waals surface area contributed by atoms with E-state index in [1.807, 2.05) is 12.1 Å². The molecule has 0 aromatic carbocycles. The van der Waals surface area contributed by atoms with Gasteiger partial charge in [-0.25, -0.2) is 4.98 Å². The van der Waals surface area contributed by atoms with Gasteiger partial charge in [-0.05, 0) is 18.5 Å².